The molecular formula is C20H20Br2. The van der Waals surface area contributed by atoms with Crippen LogP contribution in [0.2, 0.25) is 0 Å². The standard InChI is InChI=1S/C20H20Br2/c1-11(2)14-9-15-12(7-18(14)21)6-13-8-19(22)17(10-16(13)15)20(3,4)5/h7-10H,1,6H2,2-5H3. The van der Waals surface area contributed by atoms with Gasteiger partial charge in [-0.1, -0.05) is 59.2 Å². The van der Waals surface area contributed by atoms with Gasteiger partial charge in [-0.15, -0.1) is 0 Å². The van der Waals surface area contributed by atoms with E-state index in [1.807, 2.05) is 0 Å². The first-order chi connectivity index (χ1) is 10.2. The molecule has 0 N–H and O–H groups in total. The van der Waals surface area contributed by atoms with Gasteiger partial charge in [-0.25, -0.2) is 0 Å². The minimum Gasteiger partial charge on any atom is -0.0955 e. The Balaban J connectivity index is 2.24. The molecule has 0 amide bonds. The van der Waals surface area contributed by atoms with Crippen molar-refractivity contribution in [3.63, 3.8) is 0 Å². The number of allylic oxidation sites excluding steroid dienone is 1. The highest BCUT2D eigenvalue weighted by molar-refractivity contribution is 9.10. The Labute approximate surface area is 149 Å². The van der Waals surface area contributed by atoms with Crippen LogP contribution in [0.1, 0.15) is 49.9 Å². The average Bonchev–Trinajstić information content (AvgIpc) is 2.71. The van der Waals surface area contributed by atoms with Crippen molar-refractivity contribution in [1.29, 1.82) is 0 Å². The van der Waals surface area contributed by atoms with Gasteiger partial charge in [0.05, 0.1) is 0 Å². The number of rotatable bonds is 1. The average molecular weight is 420 g/mol. The van der Waals surface area contributed by atoms with Crippen LogP contribution in [0.4, 0.5) is 0 Å². The van der Waals surface area contributed by atoms with E-state index >= 15 is 0 Å². The second-order valence-corrected chi connectivity index (χ2v) is 8.89. The van der Waals surface area contributed by atoms with E-state index in [1.165, 1.54) is 37.9 Å². The predicted molar refractivity (Wildman–Crippen MR) is 103 cm³/mol. The first kappa shape index (κ1) is 16.0. The largest absolute Gasteiger partial charge is 0.0955 e. The SMILES string of the molecule is C=C(C)c1cc2c(cc1Br)Cc1cc(Br)c(C(C)(C)C)cc1-2. The Hall–Kier alpha value is -0.860. The summed E-state index contributed by atoms with van der Waals surface area (Å²) in [6.07, 6.45) is 1.00. The number of hydrogen-bond donors (Lipinski definition) is 0. The molecular weight excluding hydrogens is 400 g/mol. The summed E-state index contributed by atoms with van der Waals surface area (Å²) in [6, 6.07) is 9.20. The third-order valence-electron chi connectivity index (χ3n) is 4.32. The van der Waals surface area contributed by atoms with Crippen LogP contribution < -0.4 is 0 Å². The normalized spacial score (nSPS) is 13.0. The highest BCUT2D eigenvalue weighted by Crippen LogP contribution is 2.44. The summed E-state index contributed by atoms with van der Waals surface area (Å²) in [7, 11) is 0. The zero-order chi connectivity index (χ0) is 16.2. The van der Waals surface area contributed by atoms with Crippen LogP contribution >= 0.6 is 31.9 Å². The van der Waals surface area contributed by atoms with Crippen molar-refractivity contribution in [2.24, 2.45) is 0 Å². The zero-order valence-corrected chi connectivity index (χ0v) is 16.7. The monoisotopic (exact) mass is 418 g/mol. The van der Waals surface area contributed by atoms with Crippen molar-refractivity contribution in [1.82, 2.24) is 0 Å². The van der Waals surface area contributed by atoms with Gasteiger partial charge >= 0.3 is 0 Å². The molecule has 0 heterocycles. The second kappa shape index (κ2) is 5.35. The molecule has 3 rings (SSSR count). The minimum atomic E-state index is 0.128. The molecule has 0 spiro atoms. The molecule has 0 radical (unpaired) electrons. The van der Waals surface area contributed by atoms with Gasteiger partial charge in [0.25, 0.3) is 0 Å². The molecule has 0 fully saturated rings. The van der Waals surface area contributed by atoms with Gasteiger partial charge in [-0.05, 0) is 82.0 Å². The van der Waals surface area contributed by atoms with Gasteiger partial charge < -0.3 is 0 Å². The highest BCUT2D eigenvalue weighted by Gasteiger charge is 2.25. The molecule has 2 aromatic carbocycles. The maximum absolute atomic E-state index is 4.10. The van der Waals surface area contributed by atoms with Gasteiger partial charge in [-0.3, -0.25) is 0 Å². The van der Waals surface area contributed by atoms with Crippen molar-refractivity contribution in [2.45, 2.75) is 39.5 Å². The predicted octanol–water partition coefficient (Wildman–Crippen LogP) is 7.11. The highest BCUT2D eigenvalue weighted by atomic mass is 79.9. The smallest absolute Gasteiger partial charge is 0.0253 e. The van der Waals surface area contributed by atoms with Crippen LogP contribution in [-0.2, 0) is 11.8 Å². The summed E-state index contributed by atoms with van der Waals surface area (Å²) >= 11 is 7.45. The van der Waals surface area contributed by atoms with E-state index in [0.29, 0.717) is 0 Å². The number of benzene rings is 2. The molecule has 0 bridgehead atoms. The molecule has 22 heavy (non-hydrogen) atoms. The maximum Gasteiger partial charge on any atom is 0.0253 e. The Bertz CT molecular complexity index is 792. The molecule has 0 saturated carbocycles. The zero-order valence-electron chi connectivity index (χ0n) is 13.5. The Morgan fingerprint density at radius 1 is 0.955 bits per heavy atom. The molecule has 2 aromatic rings. The Kier molecular flexibility index (Phi) is 3.89. The van der Waals surface area contributed by atoms with E-state index < -0.39 is 0 Å². The first-order valence-electron chi connectivity index (χ1n) is 7.50. The number of fused-ring (bicyclic) bond motifs is 3. The lowest BCUT2D eigenvalue weighted by Crippen LogP contribution is -2.12. The molecule has 0 unspecified atom stereocenters. The lowest BCUT2D eigenvalue weighted by molar-refractivity contribution is 0.587. The topological polar surface area (TPSA) is 0 Å². The maximum atomic E-state index is 4.10. The summed E-state index contributed by atoms with van der Waals surface area (Å²) in [5.74, 6) is 0. The van der Waals surface area contributed by atoms with Crippen molar-refractivity contribution in [3.8, 4) is 11.1 Å². The lowest BCUT2D eigenvalue weighted by Gasteiger charge is -2.22. The van der Waals surface area contributed by atoms with Crippen LogP contribution in [0, 0.1) is 0 Å². The van der Waals surface area contributed by atoms with Crippen molar-refractivity contribution >= 4 is 37.4 Å². The van der Waals surface area contributed by atoms with Crippen molar-refractivity contribution < 1.29 is 0 Å². The van der Waals surface area contributed by atoms with E-state index in [1.54, 1.807) is 0 Å². The van der Waals surface area contributed by atoms with E-state index in [2.05, 4.69) is 90.4 Å². The molecule has 114 valence electrons. The fourth-order valence-corrected chi connectivity index (χ4v) is 4.84. The van der Waals surface area contributed by atoms with E-state index in [0.717, 1.165) is 16.5 Å². The van der Waals surface area contributed by atoms with Crippen molar-refractivity contribution in [2.75, 3.05) is 0 Å². The fourth-order valence-electron chi connectivity index (χ4n) is 3.13. The third kappa shape index (κ3) is 2.61. The number of halogens is 2. The van der Waals surface area contributed by atoms with Crippen LogP contribution in [0.15, 0.2) is 39.8 Å². The van der Waals surface area contributed by atoms with Crippen LogP contribution in [0.25, 0.3) is 16.7 Å². The molecule has 0 nitrogen and oxygen atoms in total. The fraction of sp³-hybridized carbons (Fsp3) is 0.300. The van der Waals surface area contributed by atoms with E-state index in [9.17, 15) is 0 Å². The molecule has 1 aliphatic carbocycles. The molecule has 0 saturated heterocycles. The second-order valence-electron chi connectivity index (χ2n) is 7.19. The van der Waals surface area contributed by atoms with Crippen LogP contribution in [-0.4, -0.2) is 0 Å². The lowest BCUT2D eigenvalue weighted by atomic mass is 9.85. The minimum absolute atomic E-state index is 0.128. The third-order valence-corrected chi connectivity index (χ3v) is 5.64. The summed E-state index contributed by atoms with van der Waals surface area (Å²) in [6.45, 7) is 12.9. The van der Waals surface area contributed by atoms with Gasteiger partial charge in [0.1, 0.15) is 0 Å². The van der Waals surface area contributed by atoms with E-state index in [4.69, 9.17) is 0 Å². The van der Waals surface area contributed by atoms with Gasteiger partial charge in [0.15, 0.2) is 0 Å². The summed E-state index contributed by atoms with van der Waals surface area (Å²) in [5.41, 5.74) is 9.31. The van der Waals surface area contributed by atoms with E-state index in [-0.39, 0.29) is 5.41 Å². The summed E-state index contributed by atoms with van der Waals surface area (Å²) in [4.78, 5) is 0. The quantitative estimate of drug-likeness (QED) is 0.394. The van der Waals surface area contributed by atoms with Gasteiger partial charge in [0.2, 0.25) is 0 Å². The van der Waals surface area contributed by atoms with Crippen molar-refractivity contribution in [3.05, 3.63) is 62.0 Å². The Morgan fingerprint density at radius 2 is 1.50 bits per heavy atom. The molecule has 1 aliphatic rings. The number of hydrogen-bond acceptors (Lipinski definition) is 0. The Morgan fingerprint density at radius 3 is 2.05 bits per heavy atom. The molecule has 2 heteroatoms. The van der Waals surface area contributed by atoms with Gasteiger partial charge in [0, 0.05) is 8.95 Å². The summed E-state index contributed by atoms with van der Waals surface area (Å²) < 4.78 is 2.35. The first-order valence-corrected chi connectivity index (χ1v) is 9.08. The summed E-state index contributed by atoms with van der Waals surface area (Å²) in [5, 5.41) is 0. The van der Waals surface area contributed by atoms with Gasteiger partial charge in [-0.2, -0.15) is 0 Å². The van der Waals surface area contributed by atoms with Crippen LogP contribution in [0.3, 0.4) is 0 Å². The van der Waals surface area contributed by atoms with Crippen LogP contribution in [0.5, 0.6) is 0 Å². The molecule has 0 aliphatic heterocycles. The molecule has 0 aromatic heterocycles. The molecule has 0 atom stereocenters.